The summed E-state index contributed by atoms with van der Waals surface area (Å²) in [6.45, 7) is 1.70. The van der Waals surface area contributed by atoms with Gasteiger partial charge in [-0.25, -0.2) is 0 Å². The van der Waals surface area contributed by atoms with Crippen LogP contribution in [-0.2, 0) is 4.79 Å². The molecule has 112 valence electrons. The van der Waals surface area contributed by atoms with E-state index in [4.69, 9.17) is 0 Å². The first-order chi connectivity index (χ1) is 10.2. The van der Waals surface area contributed by atoms with Crippen LogP contribution in [0.5, 0.6) is 0 Å². The zero-order valence-electron chi connectivity index (χ0n) is 11.8. The Kier molecular flexibility index (Phi) is 4.45. The quantitative estimate of drug-likeness (QED) is 0.889. The van der Waals surface area contributed by atoms with Crippen molar-refractivity contribution in [3.63, 3.8) is 0 Å². The van der Waals surface area contributed by atoms with Crippen LogP contribution in [0.25, 0.3) is 0 Å². The van der Waals surface area contributed by atoms with Crippen LogP contribution in [0.4, 0.5) is 5.69 Å². The lowest BCUT2D eigenvalue weighted by atomic mass is 10.1. The third kappa shape index (κ3) is 3.39. The van der Waals surface area contributed by atoms with Crippen LogP contribution >= 0.6 is 11.8 Å². The standard InChI is InChI=1S/C15H19N3O2S/c19-14(13-9-21-10-16-13)17-12-5-3-11(4-6-12)15(20)18-7-1-2-8-18/h3-6,13,16H,1-2,7-10H2,(H,17,19). The van der Waals surface area contributed by atoms with Gasteiger partial charge in [0.05, 0.1) is 6.04 Å². The van der Waals surface area contributed by atoms with Crippen molar-refractivity contribution < 1.29 is 9.59 Å². The van der Waals surface area contributed by atoms with Crippen LogP contribution in [0.2, 0.25) is 0 Å². The Balaban J connectivity index is 1.60. The van der Waals surface area contributed by atoms with E-state index in [9.17, 15) is 9.59 Å². The van der Waals surface area contributed by atoms with E-state index in [1.54, 1.807) is 36.0 Å². The van der Waals surface area contributed by atoms with E-state index in [-0.39, 0.29) is 17.9 Å². The highest BCUT2D eigenvalue weighted by atomic mass is 32.2. The van der Waals surface area contributed by atoms with Gasteiger partial charge in [0.2, 0.25) is 5.91 Å². The molecule has 21 heavy (non-hydrogen) atoms. The predicted molar refractivity (Wildman–Crippen MR) is 84.5 cm³/mol. The Bertz CT molecular complexity index is 520. The number of amides is 2. The zero-order valence-corrected chi connectivity index (χ0v) is 12.6. The van der Waals surface area contributed by atoms with Crippen LogP contribution in [0.3, 0.4) is 0 Å². The smallest absolute Gasteiger partial charge is 0.253 e. The number of hydrogen-bond donors (Lipinski definition) is 2. The summed E-state index contributed by atoms with van der Waals surface area (Å²) in [4.78, 5) is 26.1. The fourth-order valence-electron chi connectivity index (χ4n) is 2.59. The summed E-state index contributed by atoms with van der Waals surface area (Å²) in [5.74, 6) is 1.69. The molecular formula is C15H19N3O2S. The summed E-state index contributed by atoms with van der Waals surface area (Å²) in [6, 6.07) is 7.04. The maximum Gasteiger partial charge on any atom is 0.253 e. The number of rotatable bonds is 3. The van der Waals surface area contributed by atoms with Crippen molar-refractivity contribution in [2.75, 3.05) is 30.0 Å². The molecule has 0 spiro atoms. The highest BCUT2D eigenvalue weighted by molar-refractivity contribution is 7.99. The van der Waals surface area contributed by atoms with E-state index in [1.165, 1.54) is 0 Å². The van der Waals surface area contributed by atoms with Gasteiger partial charge in [0.25, 0.3) is 5.91 Å². The summed E-state index contributed by atoms with van der Waals surface area (Å²) in [7, 11) is 0. The normalized spacial score (nSPS) is 21.5. The lowest BCUT2D eigenvalue weighted by Gasteiger charge is -2.15. The molecule has 2 N–H and O–H groups in total. The number of nitrogens with one attached hydrogen (secondary N) is 2. The summed E-state index contributed by atoms with van der Waals surface area (Å²) < 4.78 is 0. The van der Waals surface area contributed by atoms with Crippen molar-refractivity contribution >= 4 is 29.3 Å². The summed E-state index contributed by atoms with van der Waals surface area (Å²) in [5, 5.41) is 6.01. The number of carbonyl (C=O) groups excluding carboxylic acids is 2. The topological polar surface area (TPSA) is 61.4 Å². The van der Waals surface area contributed by atoms with E-state index in [0.29, 0.717) is 5.56 Å². The Morgan fingerprint density at radius 1 is 1.19 bits per heavy atom. The molecule has 2 heterocycles. The number of nitrogens with zero attached hydrogens (tertiary/aromatic N) is 1. The molecule has 0 saturated carbocycles. The first-order valence-corrected chi connectivity index (χ1v) is 8.41. The molecular weight excluding hydrogens is 286 g/mol. The fourth-order valence-corrected chi connectivity index (χ4v) is 3.53. The van der Waals surface area contributed by atoms with Gasteiger partial charge < -0.3 is 10.2 Å². The van der Waals surface area contributed by atoms with E-state index >= 15 is 0 Å². The van der Waals surface area contributed by atoms with Crippen molar-refractivity contribution in [3.8, 4) is 0 Å². The van der Waals surface area contributed by atoms with Crippen molar-refractivity contribution in [1.82, 2.24) is 10.2 Å². The van der Waals surface area contributed by atoms with Crippen molar-refractivity contribution in [2.24, 2.45) is 0 Å². The van der Waals surface area contributed by atoms with Crippen LogP contribution in [0.1, 0.15) is 23.2 Å². The molecule has 0 radical (unpaired) electrons. The number of thioether (sulfide) groups is 1. The molecule has 1 atom stereocenters. The van der Waals surface area contributed by atoms with Crippen LogP contribution < -0.4 is 10.6 Å². The molecule has 0 bridgehead atoms. The molecule has 2 fully saturated rings. The molecule has 0 aliphatic carbocycles. The highest BCUT2D eigenvalue weighted by Gasteiger charge is 2.23. The average molecular weight is 305 g/mol. The Morgan fingerprint density at radius 3 is 2.52 bits per heavy atom. The second-order valence-corrected chi connectivity index (χ2v) is 6.37. The summed E-state index contributed by atoms with van der Waals surface area (Å²) in [6.07, 6.45) is 2.18. The van der Waals surface area contributed by atoms with E-state index in [0.717, 1.165) is 43.2 Å². The molecule has 2 aliphatic rings. The van der Waals surface area contributed by atoms with Gasteiger partial charge in [-0.1, -0.05) is 0 Å². The maximum absolute atomic E-state index is 12.2. The number of anilines is 1. The molecule has 1 aromatic rings. The van der Waals surface area contributed by atoms with Gasteiger partial charge in [-0.2, -0.15) is 0 Å². The van der Waals surface area contributed by atoms with Crippen molar-refractivity contribution in [1.29, 1.82) is 0 Å². The number of hydrogen-bond acceptors (Lipinski definition) is 4. The van der Waals surface area contributed by atoms with Gasteiger partial charge in [-0.15, -0.1) is 11.8 Å². The average Bonchev–Trinajstić information content (AvgIpc) is 3.20. The van der Waals surface area contributed by atoms with Crippen LogP contribution in [-0.4, -0.2) is 47.5 Å². The monoisotopic (exact) mass is 305 g/mol. The largest absolute Gasteiger partial charge is 0.339 e. The van der Waals surface area contributed by atoms with Gasteiger partial charge in [0, 0.05) is 36.0 Å². The lowest BCUT2D eigenvalue weighted by molar-refractivity contribution is -0.117. The van der Waals surface area contributed by atoms with Crippen molar-refractivity contribution in [2.45, 2.75) is 18.9 Å². The number of carbonyl (C=O) groups is 2. The molecule has 0 aromatic heterocycles. The molecule has 2 aliphatic heterocycles. The third-order valence-electron chi connectivity index (χ3n) is 3.83. The summed E-state index contributed by atoms with van der Waals surface area (Å²) in [5.41, 5.74) is 1.42. The molecule has 5 nitrogen and oxygen atoms in total. The van der Waals surface area contributed by atoms with E-state index in [2.05, 4.69) is 10.6 Å². The first-order valence-electron chi connectivity index (χ1n) is 7.25. The Morgan fingerprint density at radius 2 is 1.90 bits per heavy atom. The molecule has 1 aromatic carbocycles. The second kappa shape index (κ2) is 6.49. The van der Waals surface area contributed by atoms with Gasteiger partial charge in [-0.3, -0.25) is 14.9 Å². The third-order valence-corrected chi connectivity index (χ3v) is 4.77. The Labute approximate surface area is 128 Å². The number of benzene rings is 1. The minimum Gasteiger partial charge on any atom is -0.339 e. The first kappa shape index (κ1) is 14.4. The van der Waals surface area contributed by atoms with Crippen LogP contribution in [0, 0.1) is 0 Å². The molecule has 2 saturated heterocycles. The van der Waals surface area contributed by atoms with Gasteiger partial charge in [0.15, 0.2) is 0 Å². The molecule has 1 unspecified atom stereocenters. The van der Waals surface area contributed by atoms with E-state index in [1.807, 2.05) is 4.90 Å². The minimum absolute atomic E-state index is 0.0152. The van der Waals surface area contributed by atoms with E-state index < -0.39 is 0 Å². The molecule has 3 rings (SSSR count). The van der Waals surface area contributed by atoms with Crippen LogP contribution in [0.15, 0.2) is 24.3 Å². The maximum atomic E-state index is 12.2. The molecule has 2 amide bonds. The fraction of sp³-hybridized carbons (Fsp3) is 0.467. The summed E-state index contributed by atoms with van der Waals surface area (Å²) >= 11 is 1.72. The molecule has 6 heteroatoms. The zero-order chi connectivity index (χ0) is 14.7. The predicted octanol–water partition coefficient (Wildman–Crippen LogP) is 1.52. The number of likely N-dealkylation sites (tertiary alicyclic amines) is 1. The minimum atomic E-state index is -0.124. The second-order valence-electron chi connectivity index (χ2n) is 5.34. The SMILES string of the molecule is O=C(Nc1ccc(C(=O)N2CCCC2)cc1)C1CSCN1. The highest BCUT2D eigenvalue weighted by Crippen LogP contribution is 2.16. The lowest BCUT2D eigenvalue weighted by Crippen LogP contribution is -2.37. The Hall–Kier alpha value is -1.53. The van der Waals surface area contributed by atoms with Gasteiger partial charge in [0.1, 0.15) is 0 Å². The van der Waals surface area contributed by atoms with Gasteiger partial charge in [-0.05, 0) is 37.1 Å². The van der Waals surface area contributed by atoms with Crippen molar-refractivity contribution in [3.05, 3.63) is 29.8 Å². The van der Waals surface area contributed by atoms with Gasteiger partial charge >= 0.3 is 0 Å².